The molecule has 0 bridgehead atoms. The molecule has 1 fully saturated rings. The maximum Gasteiger partial charge on any atom is 0.251 e. The first-order valence-electron chi connectivity index (χ1n) is 11.5. The molecule has 3 N–H and O–H groups in total. The van der Waals surface area contributed by atoms with Gasteiger partial charge in [-0.15, -0.1) is 0 Å². The van der Waals surface area contributed by atoms with E-state index in [0.717, 1.165) is 17.7 Å². The molecule has 1 aliphatic rings. The average molecular weight is 443 g/mol. The third kappa shape index (κ3) is 6.53. The Hall–Kier alpha value is -3.44. The lowest BCUT2D eigenvalue weighted by Gasteiger charge is -2.18. The Labute approximate surface area is 195 Å². The number of aryl methyl sites for hydroxylation is 1. The Kier molecular flexibility index (Phi) is 7.53. The Morgan fingerprint density at radius 1 is 0.970 bits per heavy atom. The number of hydrogen-bond donors (Lipinski definition) is 2. The van der Waals surface area contributed by atoms with Crippen LogP contribution in [0.4, 0.5) is 0 Å². The molecule has 0 spiro atoms. The van der Waals surface area contributed by atoms with Gasteiger partial charge in [-0.1, -0.05) is 60.7 Å². The minimum Gasteiger partial charge on any atom is -0.493 e. The summed E-state index contributed by atoms with van der Waals surface area (Å²) in [5, 5.41) is 2.92. The second-order valence-corrected chi connectivity index (χ2v) is 8.56. The number of ketones is 1. The number of nitrogens with two attached hydrogens (primary N) is 1. The lowest BCUT2D eigenvalue weighted by Crippen LogP contribution is -2.42. The van der Waals surface area contributed by atoms with Crippen molar-refractivity contribution in [3.63, 3.8) is 0 Å². The summed E-state index contributed by atoms with van der Waals surface area (Å²) < 4.78 is 5.95. The van der Waals surface area contributed by atoms with Crippen LogP contribution in [0.15, 0.2) is 84.9 Å². The Morgan fingerprint density at radius 3 is 2.36 bits per heavy atom. The smallest absolute Gasteiger partial charge is 0.251 e. The predicted molar refractivity (Wildman–Crippen MR) is 129 cm³/mol. The van der Waals surface area contributed by atoms with Gasteiger partial charge in [0.05, 0.1) is 12.6 Å². The average Bonchev–Trinajstić information content (AvgIpc) is 3.59. The fourth-order valence-corrected chi connectivity index (χ4v) is 3.96. The normalized spacial score (nSPS) is 17.7. The van der Waals surface area contributed by atoms with E-state index in [9.17, 15) is 9.59 Å². The van der Waals surface area contributed by atoms with Crippen molar-refractivity contribution < 1.29 is 14.3 Å². The fourth-order valence-electron chi connectivity index (χ4n) is 3.96. The number of amides is 1. The molecular weight excluding hydrogens is 412 g/mol. The molecule has 0 aliphatic heterocycles. The van der Waals surface area contributed by atoms with E-state index in [1.54, 1.807) is 12.1 Å². The summed E-state index contributed by atoms with van der Waals surface area (Å²) in [6.45, 7) is 0.330. The highest BCUT2D eigenvalue weighted by Gasteiger charge is 2.34. The Balaban J connectivity index is 1.37. The van der Waals surface area contributed by atoms with Crippen LogP contribution in [0.5, 0.6) is 5.75 Å². The molecule has 1 aliphatic carbocycles. The van der Waals surface area contributed by atoms with E-state index in [-0.39, 0.29) is 17.7 Å². The molecule has 3 atom stereocenters. The topological polar surface area (TPSA) is 81.4 Å². The number of hydrogen-bond acceptors (Lipinski definition) is 4. The van der Waals surface area contributed by atoms with Crippen LogP contribution in [0.25, 0.3) is 0 Å². The van der Waals surface area contributed by atoms with Gasteiger partial charge in [0.1, 0.15) is 5.75 Å². The van der Waals surface area contributed by atoms with Gasteiger partial charge in [-0.3, -0.25) is 9.59 Å². The first-order valence-corrected chi connectivity index (χ1v) is 11.5. The van der Waals surface area contributed by atoms with Gasteiger partial charge in [-0.25, -0.2) is 0 Å². The van der Waals surface area contributed by atoms with E-state index in [2.05, 4.69) is 11.4 Å². The molecule has 1 saturated carbocycles. The second kappa shape index (κ2) is 10.9. The predicted octanol–water partition coefficient (Wildman–Crippen LogP) is 4.27. The molecule has 0 heterocycles. The van der Waals surface area contributed by atoms with Crippen molar-refractivity contribution >= 4 is 11.7 Å². The highest BCUT2D eigenvalue weighted by molar-refractivity contribution is 5.97. The molecule has 3 aromatic rings. The third-order valence-electron chi connectivity index (χ3n) is 6.03. The van der Waals surface area contributed by atoms with Crippen molar-refractivity contribution in [1.82, 2.24) is 5.32 Å². The van der Waals surface area contributed by atoms with E-state index < -0.39 is 6.04 Å². The molecule has 170 valence electrons. The zero-order valence-electron chi connectivity index (χ0n) is 18.7. The van der Waals surface area contributed by atoms with E-state index in [0.29, 0.717) is 37.4 Å². The maximum atomic E-state index is 13.0. The fraction of sp³-hybridized carbons (Fsp3) is 0.286. The van der Waals surface area contributed by atoms with Crippen molar-refractivity contribution in [3.8, 4) is 5.75 Å². The number of carbonyl (C=O) groups is 2. The molecule has 4 rings (SSSR count). The van der Waals surface area contributed by atoms with Crippen molar-refractivity contribution in [2.45, 2.75) is 43.7 Å². The molecule has 2 unspecified atom stereocenters. The minimum absolute atomic E-state index is 0.00411. The van der Waals surface area contributed by atoms with E-state index in [1.807, 2.05) is 66.7 Å². The van der Waals surface area contributed by atoms with Crippen LogP contribution in [0.2, 0.25) is 0 Å². The lowest BCUT2D eigenvalue weighted by atomic mass is 10.0. The van der Waals surface area contributed by atoms with E-state index in [4.69, 9.17) is 10.5 Å². The Bertz CT molecular complexity index is 1070. The molecule has 3 aromatic carbocycles. The number of nitrogens with one attached hydrogen (secondary N) is 1. The SMILES string of the molecule is NC1CC1c1cccc(OCC[C@H](NC(=O)c2ccccc2)C(=O)CCc2ccccc2)c1. The van der Waals surface area contributed by atoms with Gasteiger partial charge >= 0.3 is 0 Å². The number of carbonyl (C=O) groups excluding carboxylic acids is 2. The molecule has 0 aromatic heterocycles. The second-order valence-electron chi connectivity index (χ2n) is 8.56. The maximum absolute atomic E-state index is 13.0. The highest BCUT2D eigenvalue weighted by atomic mass is 16.5. The summed E-state index contributed by atoms with van der Waals surface area (Å²) in [6, 6.07) is 26.4. The molecule has 0 radical (unpaired) electrons. The summed E-state index contributed by atoms with van der Waals surface area (Å²) in [7, 11) is 0. The van der Waals surface area contributed by atoms with Crippen molar-refractivity contribution in [1.29, 1.82) is 0 Å². The molecule has 33 heavy (non-hydrogen) atoms. The summed E-state index contributed by atoms with van der Waals surface area (Å²) >= 11 is 0. The number of rotatable bonds is 11. The summed E-state index contributed by atoms with van der Waals surface area (Å²) in [5.74, 6) is 0.922. The standard InChI is InChI=1S/C28H30N2O3/c29-25-19-24(25)22-12-7-13-23(18-22)33-17-16-26(30-28(32)21-10-5-2-6-11-21)27(31)15-14-20-8-3-1-4-9-20/h1-13,18,24-26H,14-17,19,29H2,(H,30,32)/t24?,25?,26-/m0/s1. The molecule has 1 amide bonds. The van der Waals surface area contributed by atoms with Gasteiger partial charge in [-0.05, 0) is 48.2 Å². The summed E-state index contributed by atoms with van der Waals surface area (Å²) in [4.78, 5) is 25.7. The number of Topliss-reactive ketones (excluding diaryl/α,β-unsaturated/α-hetero) is 1. The van der Waals surface area contributed by atoms with Gasteiger partial charge in [0.2, 0.25) is 0 Å². The van der Waals surface area contributed by atoms with Gasteiger partial charge in [0, 0.05) is 30.4 Å². The number of benzene rings is 3. The third-order valence-corrected chi connectivity index (χ3v) is 6.03. The molecule has 0 saturated heterocycles. The zero-order chi connectivity index (χ0) is 23.0. The van der Waals surface area contributed by atoms with Crippen LogP contribution < -0.4 is 15.8 Å². The summed E-state index contributed by atoms with van der Waals surface area (Å²) in [6.07, 6.45) is 2.41. The van der Waals surface area contributed by atoms with Crippen LogP contribution in [-0.4, -0.2) is 30.4 Å². The Morgan fingerprint density at radius 2 is 1.67 bits per heavy atom. The minimum atomic E-state index is -0.610. The van der Waals surface area contributed by atoms with E-state index >= 15 is 0 Å². The molecular formula is C28H30N2O3. The monoisotopic (exact) mass is 442 g/mol. The summed E-state index contributed by atoms with van der Waals surface area (Å²) in [5.41, 5.74) is 8.79. The van der Waals surface area contributed by atoms with Gasteiger partial charge < -0.3 is 15.8 Å². The van der Waals surface area contributed by atoms with Crippen molar-refractivity contribution in [3.05, 3.63) is 102 Å². The van der Waals surface area contributed by atoms with Gasteiger partial charge in [0.15, 0.2) is 5.78 Å². The van der Waals surface area contributed by atoms with E-state index in [1.165, 1.54) is 5.56 Å². The number of ether oxygens (including phenoxy) is 1. The van der Waals surface area contributed by atoms with Gasteiger partial charge in [-0.2, -0.15) is 0 Å². The van der Waals surface area contributed by atoms with Crippen LogP contribution >= 0.6 is 0 Å². The zero-order valence-corrected chi connectivity index (χ0v) is 18.7. The molecule has 5 heteroatoms. The van der Waals surface area contributed by atoms with Crippen molar-refractivity contribution in [2.75, 3.05) is 6.61 Å². The van der Waals surface area contributed by atoms with Crippen molar-refractivity contribution in [2.24, 2.45) is 5.73 Å². The van der Waals surface area contributed by atoms with Crippen LogP contribution in [-0.2, 0) is 11.2 Å². The molecule has 5 nitrogen and oxygen atoms in total. The van der Waals surface area contributed by atoms with Crippen LogP contribution in [0.1, 0.15) is 46.7 Å². The van der Waals surface area contributed by atoms with Crippen LogP contribution in [0, 0.1) is 0 Å². The van der Waals surface area contributed by atoms with Gasteiger partial charge in [0.25, 0.3) is 5.91 Å². The van der Waals surface area contributed by atoms with Crippen LogP contribution in [0.3, 0.4) is 0 Å². The lowest BCUT2D eigenvalue weighted by molar-refractivity contribution is -0.121. The first-order chi connectivity index (χ1) is 16.1. The quantitative estimate of drug-likeness (QED) is 0.465. The largest absolute Gasteiger partial charge is 0.493 e. The highest BCUT2D eigenvalue weighted by Crippen LogP contribution is 2.39. The first kappa shape index (κ1) is 22.7.